The topological polar surface area (TPSA) is 87.1 Å². The van der Waals surface area contributed by atoms with E-state index in [0.717, 1.165) is 10.5 Å². The Bertz CT molecular complexity index is 439. The first-order chi connectivity index (χ1) is 9.08. The molecule has 6 nitrogen and oxygen atoms in total. The van der Waals surface area contributed by atoms with Gasteiger partial charge in [0.05, 0.1) is 19.3 Å². The lowest BCUT2D eigenvalue weighted by atomic mass is 10.2. The molecule has 0 saturated carbocycles. The van der Waals surface area contributed by atoms with Crippen LogP contribution in [0.2, 0.25) is 0 Å². The molecule has 0 bridgehead atoms. The van der Waals surface area contributed by atoms with Crippen LogP contribution in [0.3, 0.4) is 0 Å². The van der Waals surface area contributed by atoms with Crippen molar-refractivity contribution in [2.45, 2.75) is 25.2 Å². The van der Waals surface area contributed by atoms with Crippen LogP contribution >= 0.6 is 0 Å². The summed E-state index contributed by atoms with van der Waals surface area (Å²) in [6.45, 7) is 0.449. The number of rotatable bonds is 4. The van der Waals surface area contributed by atoms with Gasteiger partial charge in [-0.2, -0.15) is 0 Å². The molecule has 1 aromatic rings. The van der Waals surface area contributed by atoms with Crippen molar-refractivity contribution in [1.82, 2.24) is 4.90 Å². The number of aliphatic carboxylic acids is 1. The maximum Gasteiger partial charge on any atom is 0.408 e. The summed E-state index contributed by atoms with van der Waals surface area (Å²) in [5.41, 5.74) is 0.975. The predicted molar refractivity (Wildman–Crippen MR) is 65.8 cm³/mol. The van der Waals surface area contributed by atoms with Crippen molar-refractivity contribution in [2.24, 2.45) is 0 Å². The number of hydrogen-bond donors (Lipinski definition) is 2. The van der Waals surface area contributed by atoms with Crippen LogP contribution in [0, 0.1) is 0 Å². The van der Waals surface area contributed by atoms with E-state index in [2.05, 4.69) is 0 Å². The summed E-state index contributed by atoms with van der Waals surface area (Å²) >= 11 is 0. The lowest BCUT2D eigenvalue weighted by molar-refractivity contribution is -0.141. The maximum absolute atomic E-state index is 11.0. The van der Waals surface area contributed by atoms with Gasteiger partial charge in [0.25, 0.3) is 0 Å². The van der Waals surface area contributed by atoms with Gasteiger partial charge < -0.3 is 14.9 Å². The molecule has 19 heavy (non-hydrogen) atoms. The summed E-state index contributed by atoms with van der Waals surface area (Å²) in [5.74, 6) is -1.13. The average Bonchev–Trinajstić information content (AvgIpc) is 2.82. The van der Waals surface area contributed by atoms with Gasteiger partial charge in [0, 0.05) is 6.42 Å². The van der Waals surface area contributed by atoms with Gasteiger partial charge in [0.1, 0.15) is 6.04 Å². The van der Waals surface area contributed by atoms with Gasteiger partial charge in [-0.3, -0.25) is 4.90 Å². The van der Waals surface area contributed by atoms with Crippen molar-refractivity contribution < 1.29 is 24.5 Å². The minimum atomic E-state index is -1.22. The molecule has 1 amide bonds. The van der Waals surface area contributed by atoms with Gasteiger partial charge in [-0.15, -0.1) is 0 Å². The first-order valence-corrected chi connectivity index (χ1v) is 5.96. The number of hydrogen-bond acceptors (Lipinski definition) is 3. The molecule has 2 rings (SSSR count). The minimum Gasteiger partial charge on any atom is -0.480 e. The first kappa shape index (κ1) is 13.4. The molecular weight excluding hydrogens is 250 g/mol. The fraction of sp³-hybridized carbons (Fsp3) is 0.385. The van der Waals surface area contributed by atoms with Crippen LogP contribution in [0.25, 0.3) is 0 Å². The molecule has 2 unspecified atom stereocenters. The number of likely N-dealkylation sites (tertiary alicyclic amines) is 1. The van der Waals surface area contributed by atoms with Crippen LogP contribution in [-0.2, 0) is 16.1 Å². The molecule has 1 heterocycles. The first-order valence-electron chi connectivity index (χ1n) is 5.96. The van der Waals surface area contributed by atoms with E-state index in [9.17, 15) is 9.59 Å². The van der Waals surface area contributed by atoms with Gasteiger partial charge >= 0.3 is 12.1 Å². The van der Waals surface area contributed by atoms with Crippen LogP contribution in [0.1, 0.15) is 12.0 Å². The third kappa shape index (κ3) is 3.23. The Balaban J connectivity index is 1.93. The number of carbonyl (C=O) groups is 2. The summed E-state index contributed by atoms with van der Waals surface area (Å²) < 4.78 is 5.58. The Hall–Kier alpha value is -2.08. The normalized spacial score (nSPS) is 22.4. The van der Waals surface area contributed by atoms with E-state index in [4.69, 9.17) is 14.9 Å². The number of amides is 1. The summed E-state index contributed by atoms with van der Waals surface area (Å²) in [4.78, 5) is 22.8. The zero-order chi connectivity index (χ0) is 13.8. The molecule has 0 aliphatic carbocycles. The van der Waals surface area contributed by atoms with Gasteiger partial charge in [0.2, 0.25) is 0 Å². The van der Waals surface area contributed by atoms with E-state index in [1.807, 2.05) is 30.3 Å². The van der Waals surface area contributed by atoms with Crippen molar-refractivity contribution in [1.29, 1.82) is 0 Å². The molecule has 0 aromatic heterocycles. The molecule has 1 aliphatic rings. The van der Waals surface area contributed by atoms with E-state index < -0.39 is 18.1 Å². The van der Waals surface area contributed by atoms with Crippen molar-refractivity contribution in [2.75, 3.05) is 6.54 Å². The predicted octanol–water partition coefficient (Wildman–Crippen LogP) is 1.41. The SMILES string of the molecule is O=C(O)C1CC(OCc2ccccc2)CN1C(=O)O. The molecule has 102 valence electrons. The molecule has 6 heteroatoms. The molecule has 1 fully saturated rings. The van der Waals surface area contributed by atoms with Crippen molar-refractivity contribution in [3.05, 3.63) is 35.9 Å². The van der Waals surface area contributed by atoms with E-state index >= 15 is 0 Å². The highest BCUT2D eigenvalue weighted by atomic mass is 16.5. The highest BCUT2D eigenvalue weighted by Crippen LogP contribution is 2.21. The number of carboxylic acids is 1. The Morgan fingerprint density at radius 2 is 1.95 bits per heavy atom. The minimum absolute atomic E-state index is 0.0964. The largest absolute Gasteiger partial charge is 0.480 e. The molecule has 0 radical (unpaired) electrons. The molecule has 2 N–H and O–H groups in total. The molecule has 1 aliphatic heterocycles. The summed E-state index contributed by atoms with van der Waals surface area (Å²) in [5, 5.41) is 17.9. The molecule has 1 aromatic carbocycles. The maximum atomic E-state index is 11.0. The van der Waals surface area contributed by atoms with Gasteiger partial charge in [-0.05, 0) is 5.56 Å². The molecule has 1 saturated heterocycles. The third-order valence-corrected chi connectivity index (χ3v) is 3.12. The van der Waals surface area contributed by atoms with Gasteiger partial charge in [-0.25, -0.2) is 9.59 Å². The van der Waals surface area contributed by atoms with Crippen LogP contribution in [-0.4, -0.2) is 45.9 Å². The van der Waals surface area contributed by atoms with Gasteiger partial charge in [-0.1, -0.05) is 30.3 Å². The zero-order valence-corrected chi connectivity index (χ0v) is 10.2. The van der Waals surface area contributed by atoms with Crippen LogP contribution in [0.15, 0.2) is 30.3 Å². The Morgan fingerprint density at radius 1 is 1.26 bits per heavy atom. The summed E-state index contributed by atoms with van der Waals surface area (Å²) in [6.07, 6.45) is -1.41. The van der Waals surface area contributed by atoms with Crippen LogP contribution in [0.4, 0.5) is 4.79 Å². The van der Waals surface area contributed by atoms with E-state index in [-0.39, 0.29) is 19.1 Å². The molecule has 2 atom stereocenters. The smallest absolute Gasteiger partial charge is 0.408 e. The Kier molecular flexibility index (Phi) is 4.01. The van der Waals surface area contributed by atoms with Gasteiger partial charge in [0.15, 0.2) is 0 Å². The molecular formula is C13H15NO5. The van der Waals surface area contributed by atoms with Crippen molar-refractivity contribution in [3.8, 4) is 0 Å². The lowest BCUT2D eigenvalue weighted by Gasteiger charge is -2.16. The monoisotopic (exact) mass is 265 g/mol. The fourth-order valence-electron chi connectivity index (χ4n) is 2.15. The highest BCUT2D eigenvalue weighted by Gasteiger charge is 2.40. The standard InChI is InChI=1S/C13H15NO5/c15-12(16)11-6-10(7-14(11)13(17)18)19-8-9-4-2-1-3-5-9/h1-5,10-11H,6-8H2,(H,15,16)(H,17,18). The van der Waals surface area contributed by atoms with Crippen molar-refractivity contribution in [3.63, 3.8) is 0 Å². The molecule has 0 spiro atoms. The lowest BCUT2D eigenvalue weighted by Crippen LogP contribution is -2.39. The third-order valence-electron chi connectivity index (χ3n) is 3.12. The second-order valence-electron chi connectivity index (χ2n) is 4.44. The zero-order valence-electron chi connectivity index (χ0n) is 10.2. The van der Waals surface area contributed by atoms with Crippen molar-refractivity contribution >= 4 is 12.1 Å². The number of carboxylic acid groups (broad SMARTS) is 2. The fourth-order valence-corrected chi connectivity index (χ4v) is 2.15. The van der Waals surface area contributed by atoms with Crippen LogP contribution < -0.4 is 0 Å². The second-order valence-corrected chi connectivity index (χ2v) is 4.44. The summed E-state index contributed by atoms with van der Waals surface area (Å²) in [7, 11) is 0. The van der Waals surface area contributed by atoms with E-state index in [1.165, 1.54) is 0 Å². The summed E-state index contributed by atoms with van der Waals surface area (Å²) in [6, 6.07) is 8.45. The van der Waals surface area contributed by atoms with E-state index in [0.29, 0.717) is 6.61 Å². The second kappa shape index (κ2) is 5.71. The Morgan fingerprint density at radius 3 is 2.47 bits per heavy atom. The highest BCUT2D eigenvalue weighted by molar-refractivity contribution is 5.80. The Labute approximate surface area is 110 Å². The van der Waals surface area contributed by atoms with Crippen LogP contribution in [0.5, 0.6) is 0 Å². The quantitative estimate of drug-likeness (QED) is 0.859. The number of benzene rings is 1. The number of nitrogens with zero attached hydrogens (tertiary/aromatic N) is 1. The van der Waals surface area contributed by atoms with E-state index in [1.54, 1.807) is 0 Å². The number of ether oxygens (including phenoxy) is 1. The average molecular weight is 265 g/mol.